The summed E-state index contributed by atoms with van der Waals surface area (Å²) in [6.45, 7) is 1.85. The van der Waals surface area contributed by atoms with Crippen molar-refractivity contribution in [1.82, 2.24) is 5.32 Å². The second-order valence-electron chi connectivity index (χ2n) is 4.93. The van der Waals surface area contributed by atoms with Crippen LogP contribution in [0.25, 0.3) is 6.08 Å². The minimum atomic E-state index is -0.478. The third-order valence-electron chi connectivity index (χ3n) is 3.28. The van der Waals surface area contributed by atoms with Gasteiger partial charge < -0.3 is 5.32 Å². The van der Waals surface area contributed by atoms with Gasteiger partial charge in [-0.3, -0.25) is 14.9 Å². The van der Waals surface area contributed by atoms with E-state index in [0.29, 0.717) is 10.6 Å². The lowest BCUT2D eigenvalue weighted by Crippen LogP contribution is -2.24. The van der Waals surface area contributed by atoms with E-state index in [1.165, 1.54) is 18.2 Å². The Bertz CT molecular complexity index is 742. The first-order valence-corrected chi connectivity index (χ1v) is 7.32. The first-order chi connectivity index (χ1) is 11.0. The lowest BCUT2D eigenvalue weighted by Gasteiger charge is -2.12. The van der Waals surface area contributed by atoms with Crippen molar-refractivity contribution in [3.8, 4) is 0 Å². The molecule has 0 aromatic heterocycles. The topological polar surface area (TPSA) is 72.2 Å². The molecule has 1 N–H and O–H groups in total. The number of nitro groups is 1. The van der Waals surface area contributed by atoms with Gasteiger partial charge in [0.1, 0.15) is 0 Å². The van der Waals surface area contributed by atoms with Crippen molar-refractivity contribution in [2.45, 2.75) is 13.0 Å². The van der Waals surface area contributed by atoms with Crippen LogP contribution in [0.3, 0.4) is 0 Å². The summed E-state index contributed by atoms with van der Waals surface area (Å²) >= 11 is 5.83. The summed E-state index contributed by atoms with van der Waals surface area (Å²) in [6.07, 6.45) is 2.72. The number of nitrogens with one attached hydrogen (secondary N) is 1. The zero-order valence-electron chi connectivity index (χ0n) is 12.4. The summed E-state index contributed by atoms with van der Waals surface area (Å²) in [5, 5.41) is 14.3. The van der Waals surface area contributed by atoms with Crippen LogP contribution >= 0.6 is 11.6 Å². The normalized spacial score (nSPS) is 12.1. The minimum absolute atomic E-state index is 0.0395. The van der Waals surface area contributed by atoms with Crippen LogP contribution in [0.15, 0.2) is 54.6 Å². The van der Waals surface area contributed by atoms with E-state index in [2.05, 4.69) is 5.32 Å². The Morgan fingerprint density at radius 3 is 2.52 bits per heavy atom. The van der Waals surface area contributed by atoms with E-state index in [-0.39, 0.29) is 17.6 Å². The molecule has 1 unspecified atom stereocenters. The molecule has 0 aliphatic carbocycles. The molecule has 0 radical (unpaired) electrons. The van der Waals surface area contributed by atoms with Gasteiger partial charge in [-0.25, -0.2) is 0 Å². The molecule has 2 rings (SSSR count). The Labute approximate surface area is 138 Å². The van der Waals surface area contributed by atoms with Gasteiger partial charge in [-0.15, -0.1) is 0 Å². The zero-order valence-corrected chi connectivity index (χ0v) is 13.2. The number of benzene rings is 2. The predicted molar refractivity (Wildman–Crippen MR) is 90.1 cm³/mol. The summed E-state index contributed by atoms with van der Waals surface area (Å²) in [6, 6.07) is 13.2. The fourth-order valence-corrected chi connectivity index (χ4v) is 2.18. The molecule has 1 amide bonds. The summed E-state index contributed by atoms with van der Waals surface area (Å²) in [5.74, 6) is -0.328. The third kappa shape index (κ3) is 4.66. The number of para-hydroxylation sites is 1. The molecule has 1 atom stereocenters. The quantitative estimate of drug-likeness (QED) is 0.508. The van der Waals surface area contributed by atoms with Crippen LogP contribution < -0.4 is 5.32 Å². The van der Waals surface area contributed by atoms with Gasteiger partial charge in [0.05, 0.1) is 16.5 Å². The second-order valence-corrected chi connectivity index (χ2v) is 5.37. The summed E-state index contributed by atoms with van der Waals surface area (Å²) in [7, 11) is 0. The number of nitrogens with zero attached hydrogens (tertiary/aromatic N) is 1. The Kier molecular flexibility index (Phi) is 5.49. The molecule has 0 heterocycles. The largest absolute Gasteiger partial charge is 0.346 e. The summed E-state index contributed by atoms with van der Waals surface area (Å²) < 4.78 is 0. The average molecular weight is 331 g/mol. The maximum absolute atomic E-state index is 12.0. The Hall–Kier alpha value is -2.66. The molecule has 2 aromatic carbocycles. The number of carbonyl (C=O) groups is 1. The van der Waals surface area contributed by atoms with Gasteiger partial charge in [0.2, 0.25) is 5.91 Å². The van der Waals surface area contributed by atoms with Crippen LogP contribution in [0.5, 0.6) is 0 Å². The number of nitro benzene ring substituents is 1. The minimum Gasteiger partial charge on any atom is -0.346 e. The third-order valence-corrected chi connectivity index (χ3v) is 3.53. The van der Waals surface area contributed by atoms with Crippen molar-refractivity contribution in [2.75, 3.05) is 0 Å². The molecule has 0 aliphatic heterocycles. The highest BCUT2D eigenvalue weighted by Gasteiger charge is 2.11. The number of rotatable bonds is 5. The molecule has 0 bridgehead atoms. The Balaban J connectivity index is 2.04. The summed E-state index contributed by atoms with van der Waals surface area (Å²) in [4.78, 5) is 22.4. The van der Waals surface area contributed by atoms with Crippen molar-refractivity contribution >= 4 is 29.3 Å². The van der Waals surface area contributed by atoms with Gasteiger partial charge in [0, 0.05) is 17.2 Å². The first-order valence-electron chi connectivity index (χ1n) is 6.95. The predicted octanol–water partition coefficient (Wildman–Crippen LogP) is 4.14. The molecule has 6 heteroatoms. The van der Waals surface area contributed by atoms with Crippen LogP contribution in [0, 0.1) is 10.1 Å². The van der Waals surface area contributed by atoms with Crippen LogP contribution in [0.2, 0.25) is 5.02 Å². The molecular formula is C17H15ClN2O3. The van der Waals surface area contributed by atoms with Gasteiger partial charge in [-0.2, -0.15) is 0 Å². The molecule has 118 valence electrons. The molecule has 5 nitrogen and oxygen atoms in total. The van der Waals surface area contributed by atoms with E-state index >= 15 is 0 Å². The van der Waals surface area contributed by atoms with E-state index in [9.17, 15) is 14.9 Å². The number of carbonyl (C=O) groups excluding carboxylic acids is 1. The average Bonchev–Trinajstić information content (AvgIpc) is 2.53. The van der Waals surface area contributed by atoms with Crippen molar-refractivity contribution in [2.24, 2.45) is 0 Å². The maximum Gasteiger partial charge on any atom is 0.276 e. The highest BCUT2D eigenvalue weighted by molar-refractivity contribution is 6.30. The fraction of sp³-hybridized carbons (Fsp3) is 0.118. The highest BCUT2D eigenvalue weighted by atomic mass is 35.5. The van der Waals surface area contributed by atoms with Crippen molar-refractivity contribution in [1.29, 1.82) is 0 Å². The number of halogens is 1. The van der Waals surface area contributed by atoms with Crippen LogP contribution in [0.1, 0.15) is 24.1 Å². The van der Waals surface area contributed by atoms with E-state index in [1.807, 2.05) is 19.1 Å². The molecule has 0 fully saturated rings. The fourth-order valence-electron chi connectivity index (χ4n) is 2.06. The monoisotopic (exact) mass is 330 g/mol. The summed E-state index contributed by atoms with van der Waals surface area (Å²) in [5.41, 5.74) is 1.26. The van der Waals surface area contributed by atoms with E-state index in [1.54, 1.807) is 30.3 Å². The molecule has 0 saturated carbocycles. The Morgan fingerprint density at radius 1 is 1.22 bits per heavy atom. The molecule has 0 saturated heterocycles. The number of hydrogen-bond donors (Lipinski definition) is 1. The van der Waals surface area contributed by atoms with Crippen molar-refractivity contribution < 1.29 is 9.72 Å². The smallest absolute Gasteiger partial charge is 0.276 e. The molecular weight excluding hydrogens is 316 g/mol. The van der Waals surface area contributed by atoms with Crippen LogP contribution in [-0.2, 0) is 4.79 Å². The first kappa shape index (κ1) is 16.7. The van der Waals surface area contributed by atoms with Crippen LogP contribution in [0.4, 0.5) is 5.69 Å². The van der Waals surface area contributed by atoms with Gasteiger partial charge in [0.15, 0.2) is 0 Å². The number of hydrogen-bond acceptors (Lipinski definition) is 3. The van der Waals surface area contributed by atoms with Crippen molar-refractivity contribution in [3.05, 3.63) is 80.9 Å². The highest BCUT2D eigenvalue weighted by Crippen LogP contribution is 2.19. The lowest BCUT2D eigenvalue weighted by molar-refractivity contribution is -0.385. The van der Waals surface area contributed by atoms with Gasteiger partial charge in [-0.1, -0.05) is 35.9 Å². The molecule has 23 heavy (non-hydrogen) atoms. The standard InChI is InChI=1S/C17H15ClN2O3/c1-12(13-6-9-15(18)10-7-13)19-17(21)11-8-14-4-2-3-5-16(14)20(22)23/h2-12H,1H3,(H,19,21)/b11-8+. The molecule has 0 spiro atoms. The lowest BCUT2D eigenvalue weighted by atomic mass is 10.1. The van der Waals surface area contributed by atoms with Gasteiger partial charge >= 0.3 is 0 Å². The SMILES string of the molecule is CC(NC(=O)/C=C/c1ccccc1[N+](=O)[O-])c1ccc(Cl)cc1. The van der Waals surface area contributed by atoms with E-state index in [4.69, 9.17) is 11.6 Å². The molecule has 0 aliphatic rings. The van der Waals surface area contributed by atoms with Crippen molar-refractivity contribution in [3.63, 3.8) is 0 Å². The van der Waals surface area contributed by atoms with Gasteiger partial charge in [0.25, 0.3) is 5.69 Å². The van der Waals surface area contributed by atoms with Gasteiger partial charge in [-0.05, 0) is 36.8 Å². The van der Waals surface area contributed by atoms with E-state index in [0.717, 1.165) is 5.56 Å². The Morgan fingerprint density at radius 2 is 1.87 bits per heavy atom. The number of amides is 1. The second kappa shape index (κ2) is 7.56. The maximum atomic E-state index is 12.0. The zero-order chi connectivity index (χ0) is 16.8. The van der Waals surface area contributed by atoms with Crippen LogP contribution in [-0.4, -0.2) is 10.8 Å². The molecule has 2 aromatic rings. The van der Waals surface area contributed by atoms with E-state index < -0.39 is 4.92 Å².